The number of nitrogens with zero attached hydrogens (tertiary/aromatic N) is 1. The van der Waals surface area contributed by atoms with Crippen LogP contribution in [-0.4, -0.2) is 47.2 Å². The number of hydrogen-bond donors (Lipinski definition) is 5. The van der Waals surface area contributed by atoms with Crippen molar-refractivity contribution in [3.63, 3.8) is 0 Å². The summed E-state index contributed by atoms with van der Waals surface area (Å²) in [6.45, 7) is 6.99. The van der Waals surface area contributed by atoms with Gasteiger partial charge < -0.3 is 26.2 Å². The summed E-state index contributed by atoms with van der Waals surface area (Å²) in [5.74, 6) is -1.80. The molecule has 0 aliphatic heterocycles. The number of aliphatic hydroxyl groups excluding tert-OH is 1. The van der Waals surface area contributed by atoms with Gasteiger partial charge in [0.1, 0.15) is 28.8 Å². The van der Waals surface area contributed by atoms with E-state index in [0.717, 1.165) is 36.6 Å². The van der Waals surface area contributed by atoms with Crippen molar-refractivity contribution in [3.8, 4) is 5.88 Å². The number of amides is 3. The highest BCUT2D eigenvalue weighted by molar-refractivity contribution is 7.11. The van der Waals surface area contributed by atoms with E-state index >= 15 is 0 Å². The zero-order valence-corrected chi connectivity index (χ0v) is 20.9. The normalized spacial score (nSPS) is 12.0. The van der Waals surface area contributed by atoms with Gasteiger partial charge in [-0.15, -0.1) is 0 Å². The fourth-order valence-electron chi connectivity index (χ4n) is 3.12. The molecule has 1 aromatic carbocycles. The van der Waals surface area contributed by atoms with Crippen molar-refractivity contribution in [3.05, 3.63) is 40.5 Å². The number of carbonyl (C=O) groups is 2. The molecule has 3 amide bonds. The first-order chi connectivity index (χ1) is 16.6. The number of benzene rings is 1. The van der Waals surface area contributed by atoms with Crippen LogP contribution in [0.3, 0.4) is 0 Å². The Kier molecular flexibility index (Phi) is 11.3. The van der Waals surface area contributed by atoms with Gasteiger partial charge in [0.15, 0.2) is 0 Å². The molecule has 6 N–H and O–H groups in total. The predicted octanol–water partition coefficient (Wildman–Crippen LogP) is 3.31. The highest BCUT2D eigenvalue weighted by atomic mass is 32.1. The van der Waals surface area contributed by atoms with E-state index < -0.39 is 29.7 Å². The molecule has 2 rings (SSSR count). The molecule has 35 heavy (non-hydrogen) atoms. The second-order valence-corrected chi connectivity index (χ2v) is 9.39. The zero-order chi connectivity index (χ0) is 26.0. The predicted molar refractivity (Wildman–Crippen MR) is 131 cm³/mol. The number of unbranched alkanes of at least 4 members (excludes halogenated alkanes) is 1. The van der Waals surface area contributed by atoms with Crippen molar-refractivity contribution >= 4 is 28.5 Å². The largest absolute Gasteiger partial charge is 0.471 e. The van der Waals surface area contributed by atoms with Crippen LogP contribution in [0, 0.1) is 24.5 Å². The Morgan fingerprint density at radius 2 is 1.94 bits per heavy atom. The zero-order valence-electron chi connectivity index (χ0n) is 20.1. The number of anilines is 1. The van der Waals surface area contributed by atoms with Crippen LogP contribution in [0.2, 0.25) is 0 Å². The topological polar surface area (TPSA) is 139 Å². The van der Waals surface area contributed by atoms with Crippen molar-refractivity contribution in [1.29, 1.82) is 0 Å². The van der Waals surface area contributed by atoms with Gasteiger partial charge in [-0.2, -0.15) is 4.37 Å². The molecular formula is C23H33F2N5O4S. The van der Waals surface area contributed by atoms with Crippen molar-refractivity contribution < 1.29 is 28.2 Å². The maximum absolute atomic E-state index is 14.0. The van der Waals surface area contributed by atoms with Gasteiger partial charge in [0, 0.05) is 18.7 Å². The number of nitrogens with one attached hydrogen (secondary N) is 3. The molecule has 0 aliphatic rings. The van der Waals surface area contributed by atoms with Crippen LogP contribution in [0.15, 0.2) is 12.1 Å². The Morgan fingerprint density at radius 1 is 1.20 bits per heavy atom. The molecule has 1 unspecified atom stereocenters. The lowest BCUT2D eigenvalue weighted by Gasteiger charge is -2.13. The molecule has 2 aromatic rings. The third kappa shape index (κ3) is 9.38. The average molecular weight is 514 g/mol. The molecule has 0 saturated heterocycles. The highest BCUT2D eigenvalue weighted by Gasteiger charge is 2.22. The van der Waals surface area contributed by atoms with Gasteiger partial charge >= 0.3 is 6.03 Å². The Balaban J connectivity index is 1.81. The van der Waals surface area contributed by atoms with Crippen LogP contribution in [0.1, 0.15) is 54.6 Å². The van der Waals surface area contributed by atoms with E-state index in [2.05, 4.69) is 34.2 Å². The third-order valence-electron chi connectivity index (χ3n) is 5.01. The van der Waals surface area contributed by atoms with E-state index in [-0.39, 0.29) is 34.2 Å². The van der Waals surface area contributed by atoms with Gasteiger partial charge in [-0.25, -0.2) is 13.6 Å². The van der Waals surface area contributed by atoms with E-state index in [4.69, 9.17) is 10.5 Å². The molecule has 1 aromatic heterocycles. The Bertz CT molecular complexity index is 1000. The van der Waals surface area contributed by atoms with Crippen LogP contribution in [0.5, 0.6) is 5.88 Å². The second kappa shape index (κ2) is 13.9. The Hall–Kier alpha value is -2.83. The van der Waals surface area contributed by atoms with E-state index in [0.29, 0.717) is 31.8 Å². The fraction of sp³-hybridized carbons (Fsp3) is 0.522. The van der Waals surface area contributed by atoms with E-state index in [1.165, 1.54) is 6.92 Å². The Morgan fingerprint density at radius 3 is 2.63 bits per heavy atom. The summed E-state index contributed by atoms with van der Waals surface area (Å²) >= 11 is 0.779. The molecule has 0 spiro atoms. The maximum atomic E-state index is 14.0. The molecule has 0 radical (unpaired) electrons. The smallest absolute Gasteiger partial charge is 0.319 e. The lowest BCUT2D eigenvalue weighted by Crippen LogP contribution is -2.31. The quantitative estimate of drug-likeness (QED) is 0.246. The number of hydrogen-bond acceptors (Lipinski definition) is 7. The molecule has 1 heterocycles. The van der Waals surface area contributed by atoms with E-state index in [9.17, 15) is 23.5 Å². The number of nitrogens with two attached hydrogens (primary N) is 1. The van der Waals surface area contributed by atoms with Crippen LogP contribution < -0.4 is 26.4 Å². The number of aliphatic hydroxyl groups is 1. The minimum atomic E-state index is -0.889. The molecule has 0 saturated carbocycles. The second-order valence-electron chi connectivity index (χ2n) is 8.62. The summed E-state index contributed by atoms with van der Waals surface area (Å²) in [6, 6.07) is 1.49. The van der Waals surface area contributed by atoms with Gasteiger partial charge in [0.25, 0.3) is 5.91 Å². The first-order valence-corrected chi connectivity index (χ1v) is 12.2. The molecule has 0 aliphatic carbocycles. The summed E-state index contributed by atoms with van der Waals surface area (Å²) in [5, 5.41) is 18.4. The molecule has 1 atom stereocenters. The Labute approximate surface area is 207 Å². The minimum absolute atomic E-state index is 0.0513. The number of aromatic nitrogens is 1. The molecular weight excluding hydrogens is 480 g/mol. The molecule has 12 heteroatoms. The number of aryl methyl sites for hydroxylation is 1. The first-order valence-electron chi connectivity index (χ1n) is 11.4. The minimum Gasteiger partial charge on any atom is -0.471 e. The monoisotopic (exact) mass is 513 g/mol. The van der Waals surface area contributed by atoms with Gasteiger partial charge in [-0.3, -0.25) is 10.1 Å². The average Bonchev–Trinajstić information content (AvgIpc) is 3.17. The van der Waals surface area contributed by atoms with Crippen molar-refractivity contribution in [2.75, 3.05) is 25.0 Å². The summed E-state index contributed by atoms with van der Waals surface area (Å²) in [4.78, 5) is 24.1. The van der Waals surface area contributed by atoms with Gasteiger partial charge in [0.05, 0.1) is 6.10 Å². The summed E-state index contributed by atoms with van der Waals surface area (Å²) in [7, 11) is 0. The van der Waals surface area contributed by atoms with E-state index in [1.807, 2.05) is 0 Å². The van der Waals surface area contributed by atoms with Crippen molar-refractivity contribution in [1.82, 2.24) is 15.0 Å². The molecule has 0 fully saturated rings. The fourth-order valence-corrected chi connectivity index (χ4v) is 3.85. The van der Waals surface area contributed by atoms with Crippen LogP contribution >= 0.6 is 11.5 Å². The van der Waals surface area contributed by atoms with Gasteiger partial charge in [-0.1, -0.05) is 13.8 Å². The van der Waals surface area contributed by atoms with Crippen LogP contribution in [-0.2, 0) is 6.61 Å². The first kappa shape index (κ1) is 28.4. The molecule has 194 valence electrons. The molecule has 0 bridgehead atoms. The third-order valence-corrected chi connectivity index (χ3v) is 5.75. The lowest BCUT2D eigenvalue weighted by atomic mass is 10.1. The number of urea groups is 1. The summed E-state index contributed by atoms with van der Waals surface area (Å²) < 4.78 is 37.1. The summed E-state index contributed by atoms with van der Waals surface area (Å²) in [6.07, 6.45) is 1.56. The summed E-state index contributed by atoms with van der Waals surface area (Å²) in [5.41, 5.74) is 5.36. The SMILES string of the molecule is Cc1cc(F)c(COc2nsc(NC(=O)NCCCCC(O)CNCC(C)C)c2C(N)=O)cc1F. The van der Waals surface area contributed by atoms with Crippen molar-refractivity contribution in [2.24, 2.45) is 11.7 Å². The number of carbonyl (C=O) groups excluding carboxylic acids is 2. The molecule has 9 nitrogen and oxygen atoms in total. The van der Waals surface area contributed by atoms with Crippen LogP contribution in [0.25, 0.3) is 0 Å². The number of primary amides is 1. The van der Waals surface area contributed by atoms with Crippen molar-refractivity contribution in [2.45, 2.75) is 52.7 Å². The standard InChI is InChI=1S/C23H33F2N5O4S/c1-13(2)10-27-11-16(31)6-4-5-7-28-23(33)29-22-19(20(26)32)21(30-35-22)34-12-15-9-17(24)14(3)8-18(15)25/h8-9,13,16,27,31H,4-7,10-12H2,1-3H3,(H2,26,32)(H2,28,29,33). The highest BCUT2D eigenvalue weighted by Crippen LogP contribution is 2.31. The lowest BCUT2D eigenvalue weighted by molar-refractivity contribution is 0.0996. The van der Waals surface area contributed by atoms with Gasteiger partial charge in [0.2, 0.25) is 5.88 Å². The number of halogens is 2. The van der Waals surface area contributed by atoms with Gasteiger partial charge in [-0.05, 0) is 67.9 Å². The van der Waals surface area contributed by atoms with E-state index in [1.54, 1.807) is 0 Å². The maximum Gasteiger partial charge on any atom is 0.319 e. The number of rotatable bonds is 14. The van der Waals surface area contributed by atoms with Crippen LogP contribution in [0.4, 0.5) is 18.6 Å². The number of ether oxygens (including phenoxy) is 1.